The van der Waals surface area contributed by atoms with Gasteiger partial charge >= 0.3 is 0 Å². The molecule has 0 bridgehead atoms. The van der Waals surface area contributed by atoms with Crippen molar-refractivity contribution in [2.45, 2.75) is 0 Å². The maximum atomic E-state index is 13.7. The molecule has 6 heteroatoms. The largest absolute Gasteiger partial charge is 0.310 e. The number of para-hydroxylation sites is 2. The number of nitrogens with zero attached hydrogens (tertiary/aromatic N) is 1. The molecule has 1 N–H and O–H groups in total. The van der Waals surface area contributed by atoms with Crippen LogP contribution in [0.3, 0.4) is 0 Å². The standard InChI is InChI=1S/C12H7F3N2S/c13-7-5-8(14)12(9(15)6-7)17-11-4-2-1-3-10(11)16-18-17/h1-6,16H. The Labute approximate surface area is 106 Å². The third-order valence-electron chi connectivity index (χ3n) is 2.55. The van der Waals surface area contributed by atoms with Crippen molar-refractivity contribution in [3.8, 4) is 0 Å². The van der Waals surface area contributed by atoms with Crippen LogP contribution in [0, 0.1) is 17.5 Å². The Bertz CT molecular complexity index is 595. The number of nitrogens with one attached hydrogen (secondary N) is 1. The van der Waals surface area contributed by atoms with Crippen LogP contribution in [0.2, 0.25) is 0 Å². The minimum Gasteiger partial charge on any atom is -0.310 e. The fourth-order valence-corrected chi connectivity index (χ4v) is 2.66. The SMILES string of the molecule is Fc1cc(F)c(N2SNc3ccccc32)c(F)c1. The van der Waals surface area contributed by atoms with Gasteiger partial charge in [0.2, 0.25) is 0 Å². The molecule has 3 rings (SSSR count). The molecule has 18 heavy (non-hydrogen) atoms. The molecule has 0 amide bonds. The molecular weight excluding hydrogens is 261 g/mol. The van der Waals surface area contributed by atoms with Gasteiger partial charge in [-0.05, 0) is 12.1 Å². The Morgan fingerprint density at radius 3 is 2.39 bits per heavy atom. The topological polar surface area (TPSA) is 15.3 Å². The van der Waals surface area contributed by atoms with Crippen molar-refractivity contribution in [2.75, 3.05) is 9.03 Å². The zero-order chi connectivity index (χ0) is 12.7. The third-order valence-corrected chi connectivity index (χ3v) is 3.43. The number of benzene rings is 2. The van der Waals surface area contributed by atoms with Gasteiger partial charge < -0.3 is 4.72 Å². The summed E-state index contributed by atoms with van der Waals surface area (Å²) >= 11 is 1.04. The quantitative estimate of drug-likeness (QED) is 0.779. The zero-order valence-corrected chi connectivity index (χ0v) is 9.77. The molecule has 1 aliphatic rings. The summed E-state index contributed by atoms with van der Waals surface area (Å²) in [5.41, 5.74) is 1.11. The molecule has 0 saturated heterocycles. The van der Waals surface area contributed by atoms with Crippen molar-refractivity contribution in [3.05, 3.63) is 53.8 Å². The van der Waals surface area contributed by atoms with Crippen LogP contribution in [0.15, 0.2) is 36.4 Å². The van der Waals surface area contributed by atoms with E-state index in [1.54, 1.807) is 18.2 Å². The summed E-state index contributed by atoms with van der Waals surface area (Å²) in [4.78, 5) is 0. The highest BCUT2D eigenvalue weighted by Crippen LogP contribution is 2.45. The average molecular weight is 268 g/mol. The summed E-state index contributed by atoms with van der Waals surface area (Å²) in [6, 6.07) is 8.43. The average Bonchev–Trinajstić information content (AvgIpc) is 2.72. The van der Waals surface area contributed by atoms with Crippen LogP contribution < -0.4 is 9.03 Å². The summed E-state index contributed by atoms with van der Waals surface area (Å²) in [7, 11) is 0. The lowest BCUT2D eigenvalue weighted by molar-refractivity contribution is 0.547. The first-order valence-corrected chi connectivity index (χ1v) is 5.91. The predicted octanol–water partition coefficient (Wildman–Crippen LogP) is 4.23. The predicted molar refractivity (Wildman–Crippen MR) is 66.1 cm³/mol. The van der Waals surface area contributed by atoms with Crippen molar-refractivity contribution < 1.29 is 13.2 Å². The van der Waals surface area contributed by atoms with Gasteiger partial charge in [-0.2, -0.15) is 0 Å². The smallest absolute Gasteiger partial charge is 0.153 e. The Morgan fingerprint density at radius 2 is 1.67 bits per heavy atom. The van der Waals surface area contributed by atoms with Gasteiger partial charge in [0.25, 0.3) is 0 Å². The summed E-state index contributed by atoms with van der Waals surface area (Å²) in [6.07, 6.45) is 0. The first-order valence-electron chi connectivity index (χ1n) is 5.13. The first-order chi connectivity index (χ1) is 8.66. The van der Waals surface area contributed by atoms with Crippen molar-refractivity contribution >= 4 is 29.2 Å². The molecule has 0 atom stereocenters. The van der Waals surface area contributed by atoms with Gasteiger partial charge in [-0.1, -0.05) is 12.1 Å². The zero-order valence-electron chi connectivity index (χ0n) is 8.95. The van der Waals surface area contributed by atoms with Crippen molar-refractivity contribution in [2.24, 2.45) is 0 Å². The molecule has 0 spiro atoms. The van der Waals surface area contributed by atoms with Crippen LogP contribution in [-0.2, 0) is 0 Å². The lowest BCUT2D eigenvalue weighted by atomic mass is 10.2. The lowest BCUT2D eigenvalue weighted by Crippen LogP contribution is -2.08. The maximum absolute atomic E-state index is 13.7. The maximum Gasteiger partial charge on any atom is 0.153 e. The van der Waals surface area contributed by atoms with E-state index in [2.05, 4.69) is 4.72 Å². The monoisotopic (exact) mass is 268 g/mol. The van der Waals surface area contributed by atoms with E-state index in [4.69, 9.17) is 0 Å². The molecule has 1 heterocycles. The highest BCUT2D eigenvalue weighted by atomic mass is 32.2. The summed E-state index contributed by atoms with van der Waals surface area (Å²) in [5, 5.41) is 0. The van der Waals surface area contributed by atoms with Crippen LogP contribution >= 0.6 is 12.1 Å². The fraction of sp³-hybridized carbons (Fsp3) is 0. The first kappa shape index (κ1) is 11.3. The minimum absolute atomic E-state index is 0.279. The second kappa shape index (κ2) is 4.13. The van der Waals surface area contributed by atoms with E-state index in [-0.39, 0.29) is 5.69 Å². The van der Waals surface area contributed by atoms with Crippen LogP contribution in [0.25, 0.3) is 0 Å². The molecule has 0 saturated carbocycles. The van der Waals surface area contributed by atoms with E-state index in [1.807, 2.05) is 6.07 Å². The van der Waals surface area contributed by atoms with E-state index in [0.29, 0.717) is 17.8 Å². The second-order valence-electron chi connectivity index (χ2n) is 3.72. The van der Waals surface area contributed by atoms with Crippen LogP contribution in [0.4, 0.5) is 30.2 Å². The number of halogens is 3. The number of anilines is 3. The van der Waals surface area contributed by atoms with Crippen LogP contribution in [-0.4, -0.2) is 0 Å². The molecule has 0 aromatic heterocycles. The van der Waals surface area contributed by atoms with Crippen molar-refractivity contribution in [3.63, 3.8) is 0 Å². The highest BCUT2D eigenvalue weighted by Gasteiger charge is 2.26. The number of rotatable bonds is 1. The summed E-state index contributed by atoms with van der Waals surface area (Å²) in [5.74, 6) is -2.80. The van der Waals surface area contributed by atoms with E-state index >= 15 is 0 Å². The molecule has 0 radical (unpaired) electrons. The molecule has 0 aliphatic carbocycles. The van der Waals surface area contributed by atoms with E-state index < -0.39 is 17.5 Å². The number of fused-ring (bicyclic) bond motifs is 1. The molecule has 0 unspecified atom stereocenters. The third kappa shape index (κ3) is 1.69. The fourth-order valence-electron chi connectivity index (χ4n) is 1.78. The van der Waals surface area contributed by atoms with Gasteiger partial charge in [-0.25, -0.2) is 13.2 Å². The van der Waals surface area contributed by atoms with Gasteiger partial charge in [-0.15, -0.1) is 0 Å². The van der Waals surface area contributed by atoms with Crippen molar-refractivity contribution in [1.29, 1.82) is 0 Å². The Hall–Kier alpha value is -1.82. The van der Waals surface area contributed by atoms with Crippen molar-refractivity contribution in [1.82, 2.24) is 0 Å². The Morgan fingerprint density at radius 1 is 1.00 bits per heavy atom. The van der Waals surface area contributed by atoms with Gasteiger partial charge in [0, 0.05) is 12.1 Å². The number of hydrogen-bond acceptors (Lipinski definition) is 3. The summed E-state index contributed by atoms with van der Waals surface area (Å²) in [6.45, 7) is 0. The molecule has 1 aliphatic heterocycles. The van der Waals surface area contributed by atoms with E-state index in [0.717, 1.165) is 17.8 Å². The summed E-state index contributed by atoms with van der Waals surface area (Å²) < 4.78 is 44.6. The molecule has 2 aromatic carbocycles. The van der Waals surface area contributed by atoms with Crippen LogP contribution in [0.5, 0.6) is 0 Å². The van der Waals surface area contributed by atoms with Gasteiger partial charge in [-0.3, -0.25) is 4.31 Å². The minimum atomic E-state index is -0.932. The number of hydrogen-bond donors (Lipinski definition) is 1. The highest BCUT2D eigenvalue weighted by molar-refractivity contribution is 8.02. The molecule has 2 aromatic rings. The van der Waals surface area contributed by atoms with Gasteiger partial charge in [0.1, 0.15) is 11.5 Å². The van der Waals surface area contributed by atoms with E-state index in [1.165, 1.54) is 4.31 Å². The Balaban J connectivity index is 2.13. The molecule has 0 fully saturated rings. The molecular formula is C12H7F3N2S. The van der Waals surface area contributed by atoms with Gasteiger partial charge in [0.15, 0.2) is 11.6 Å². The van der Waals surface area contributed by atoms with E-state index in [9.17, 15) is 13.2 Å². The second-order valence-corrected chi connectivity index (χ2v) is 4.47. The Kier molecular flexibility index (Phi) is 2.59. The molecule has 2 nitrogen and oxygen atoms in total. The van der Waals surface area contributed by atoms with Crippen LogP contribution in [0.1, 0.15) is 0 Å². The lowest BCUT2D eigenvalue weighted by Gasteiger charge is -2.17. The normalized spacial score (nSPS) is 13.4. The van der Waals surface area contributed by atoms with Gasteiger partial charge in [0.05, 0.1) is 23.5 Å². The molecule has 92 valence electrons.